The van der Waals surface area contributed by atoms with E-state index in [9.17, 15) is 28.2 Å². The van der Waals surface area contributed by atoms with Crippen LogP contribution in [0.1, 0.15) is 43.5 Å². The van der Waals surface area contributed by atoms with Gasteiger partial charge in [-0.05, 0) is 44.9 Å². The third kappa shape index (κ3) is 4.88. The molecule has 0 saturated carbocycles. The van der Waals surface area contributed by atoms with E-state index in [0.29, 0.717) is 29.9 Å². The van der Waals surface area contributed by atoms with Crippen molar-refractivity contribution in [2.45, 2.75) is 57.6 Å². The van der Waals surface area contributed by atoms with E-state index in [1.165, 1.54) is 17.2 Å². The van der Waals surface area contributed by atoms with Crippen molar-refractivity contribution in [1.82, 2.24) is 14.9 Å². The standard InChI is InChI=1S/C22H27F3N4O4/c1-11-5-6-13(22(32,18(23)24)19(25)30)7-14(11)15-8-27-17(26)16(28-15)12-9-29(10-12)20(31)33-21(2,3)4/h5-8,12,18-19,30,32H,9-10H2,1-4H3,(H2,26,27). The van der Waals surface area contributed by atoms with E-state index < -0.39 is 35.6 Å². The number of nitrogens with zero attached hydrogens (tertiary/aromatic N) is 3. The molecule has 1 fully saturated rings. The van der Waals surface area contributed by atoms with Crippen molar-refractivity contribution in [2.75, 3.05) is 18.8 Å². The minimum atomic E-state index is -3.57. The van der Waals surface area contributed by atoms with Crippen molar-refractivity contribution in [3.63, 3.8) is 0 Å². The second-order valence-corrected chi connectivity index (χ2v) is 9.10. The second-order valence-electron chi connectivity index (χ2n) is 9.10. The molecule has 4 N–H and O–H groups in total. The first-order valence-electron chi connectivity index (χ1n) is 10.3. The van der Waals surface area contributed by atoms with Gasteiger partial charge in [-0.25, -0.2) is 27.9 Å². The van der Waals surface area contributed by atoms with E-state index in [-0.39, 0.29) is 17.4 Å². The van der Waals surface area contributed by atoms with Crippen LogP contribution in [0.25, 0.3) is 11.3 Å². The number of amides is 1. The minimum absolute atomic E-state index is 0.157. The first-order valence-corrected chi connectivity index (χ1v) is 10.3. The van der Waals surface area contributed by atoms with E-state index in [1.807, 2.05) is 0 Å². The summed E-state index contributed by atoms with van der Waals surface area (Å²) >= 11 is 0. The van der Waals surface area contributed by atoms with Gasteiger partial charge < -0.3 is 25.6 Å². The van der Waals surface area contributed by atoms with Crippen molar-refractivity contribution in [2.24, 2.45) is 0 Å². The number of anilines is 1. The molecule has 1 aromatic heterocycles. The van der Waals surface area contributed by atoms with E-state index in [1.54, 1.807) is 27.7 Å². The Labute approximate surface area is 189 Å². The summed E-state index contributed by atoms with van der Waals surface area (Å²) in [6.07, 6.45) is -5.89. The zero-order chi connectivity index (χ0) is 24.7. The largest absolute Gasteiger partial charge is 0.444 e. The summed E-state index contributed by atoms with van der Waals surface area (Å²) in [6, 6.07) is 3.66. The summed E-state index contributed by atoms with van der Waals surface area (Å²) in [4.78, 5) is 22.3. The number of ether oxygens (including phenoxy) is 1. The van der Waals surface area contributed by atoms with Crippen molar-refractivity contribution in [3.05, 3.63) is 41.2 Å². The number of likely N-dealkylation sites (tertiary alicyclic amines) is 1. The Balaban J connectivity index is 1.90. The normalized spacial score (nSPS) is 17.5. The number of hydrogen-bond acceptors (Lipinski definition) is 7. The number of rotatable bonds is 5. The summed E-state index contributed by atoms with van der Waals surface area (Å²) in [7, 11) is 0. The number of carbonyl (C=O) groups is 1. The molecule has 0 radical (unpaired) electrons. The number of aromatic nitrogens is 2. The van der Waals surface area contributed by atoms with E-state index in [4.69, 9.17) is 10.5 Å². The Morgan fingerprint density at radius 3 is 2.45 bits per heavy atom. The number of carbonyl (C=O) groups excluding carboxylic acids is 1. The van der Waals surface area contributed by atoms with Gasteiger partial charge in [0.05, 0.1) is 17.6 Å². The Morgan fingerprint density at radius 2 is 1.91 bits per heavy atom. The maximum Gasteiger partial charge on any atom is 0.410 e. The Kier molecular flexibility index (Phi) is 6.58. The smallest absolute Gasteiger partial charge is 0.410 e. The van der Waals surface area contributed by atoms with Gasteiger partial charge in [-0.2, -0.15) is 0 Å². The Hall–Kier alpha value is -2.92. The molecule has 33 heavy (non-hydrogen) atoms. The molecule has 180 valence electrons. The molecule has 2 atom stereocenters. The number of benzene rings is 1. The van der Waals surface area contributed by atoms with Crippen LogP contribution in [0.2, 0.25) is 0 Å². The van der Waals surface area contributed by atoms with Gasteiger partial charge >= 0.3 is 6.09 Å². The number of aliphatic hydroxyl groups is 2. The first kappa shape index (κ1) is 24.7. The summed E-state index contributed by atoms with van der Waals surface area (Å²) < 4.78 is 45.7. The van der Waals surface area contributed by atoms with Crippen LogP contribution in [0.15, 0.2) is 24.4 Å². The molecule has 2 aromatic rings. The van der Waals surface area contributed by atoms with Gasteiger partial charge in [0, 0.05) is 24.6 Å². The lowest BCUT2D eigenvalue weighted by Gasteiger charge is -2.39. The number of aryl methyl sites for hydroxylation is 1. The topological polar surface area (TPSA) is 122 Å². The van der Waals surface area contributed by atoms with Gasteiger partial charge in [-0.1, -0.05) is 12.1 Å². The van der Waals surface area contributed by atoms with Crippen LogP contribution in [0.5, 0.6) is 0 Å². The maximum atomic E-state index is 13.5. The van der Waals surface area contributed by atoms with Crippen LogP contribution in [0.3, 0.4) is 0 Å². The molecule has 1 aliphatic heterocycles. The van der Waals surface area contributed by atoms with Gasteiger partial charge in [0.15, 0.2) is 0 Å². The predicted octanol–water partition coefficient (Wildman–Crippen LogP) is 3.11. The third-order valence-electron chi connectivity index (χ3n) is 5.42. The average molecular weight is 468 g/mol. The summed E-state index contributed by atoms with van der Waals surface area (Å²) in [5, 5.41) is 19.3. The lowest BCUT2D eigenvalue weighted by atomic mass is 9.90. The number of hydrogen-bond donors (Lipinski definition) is 3. The van der Waals surface area contributed by atoms with Gasteiger partial charge in [0.2, 0.25) is 12.0 Å². The number of aliphatic hydroxyl groups excluding tert-OH is 1. The quantitative estimate of drug-likeness (QED) is 0.616. The van der Waals surface area contributed by atoms with Crippen LogP contribution >= 0.6 is 0 Å². The fourth-order valence-corrected chi connectivity index (χ4v) is 3.48. The molecule has 3 rings (SSSR count). The SMILES string of the molecule is Cc1ccc(C(O)(C(O)F)C(F)F)cc1-c1cnc(N)c(C2CN(C(=O)OC(C)(C)C)C2)n1. The minimum Gasteiger partial charge on any atom is -0.444 e. The highest BCUT2D eigenvalue weighted by atomic mass is 19.3. The van der Waals surface area contributed by atoms with Gasteiger partial charge in [0.25, 0.3) is 6.43 Å². The summed E-state index contributed by atoms with van der Waals surface area (Å²) in [6.45, 7) is 7.61. The molecule has 1 aliphatic rings. The molecule has 1 amide bonds. The third-order valence-corrected chi connectivity index (χ3v) is 5.42. The molecule has 0 aliphatic carbocycles. The number of halogens is 3. The highest BCUT2D eigenvalue weighted by molar-refractivity contribution is 5.70. The van der Waals surface area contributed by atoms with Crippen molar-refractivity contribution in [3.8, 4) is 11.3 Å². The van der Waals surface area contributed by atoms with Crippen LogP contribution in [-0.2, 0) is 10.3 Å². The lowest BCUT2D eigenvalue weighted by molar-refractivity contribution is -0.211. The van der Waals surface area contributed by atoms with Crippen LogP contribution in [-0.4, -0.2) is 62.6 Å². The second kappa shape index (κ2) is 8.79. The summed E-state index contributed by atoms with van der Waals surface area (Å²) in [5.74, 6) is -0.0521. The van der Waals surface area contributed by atoms with E-state index in [2.05, 4.69) is 9.97 Å². The van der Waals surface area contributed by atoms with E-state index in [0.717, 1.165) is 12.1 Å². The molecule has 2 unspecified atom stereocenters. The Morgan fingerprint density at radius 1 is 1.27 bits per heavy atom. The highest BCUT2D eigenvalue weighted by Crippen LogP contribution is 2.37. The predicted molar refractivity (Wildman–Crippen MR) is 114 cm³/mol. The zero-order valence-electron chi connectivity index (χ0n) is 18.7. The highest BCUT2D eigenvalue weighted by Gasteiger charge is 2.47. The molecule has 1 saturated heterocycles. The van der Waals surface area contributed by atoms with Crippen LogP contribution in [0, 0.1) is 6.92 Å². The number of nitrogens with two attached hydrogens (primary N) is 1. The lowest BCUT2D eigenvalue weighted by Crippen LogP contribution is -2.50. The van der Waals surface area contributed by atoms with Gasteiger partial charge in [-0.3, -0.25) is 0 Å². The van der Waals surface area contributed by atoms with Crippen molar-refractivity contribution >= 4 is 11.9 Å². The fourth-order valence-electron chi connectivity index (χ4n) is 3.48. The molecule has 2 heterocycles. The molecule has 1 aromatic carbocycles. The maximum absolute atomic E-state index is 13.5. The van der Waals surface area contributed by atoms with Crippen molar-refractivity contribution in [1.29, 1.82) is 0 Å². The van der Waals surface area contributed by atoms with Crippen molar-refractivity contribution < 1.29 is 32.9 Å². The number of nitrogen functional groups attached to an aromatic ring is 1. The molecule has 8 nitrogen and oxygen atoms in total. The molecule has 0 bridgehead atoms. The fraction of sp³-hybridized carbons (Fsp3) is 0.500. The zero-order valence-corrected chi connectivity index (χ0v) is 18.7. The van der Waals surface area contributed by atoms with Crippen LogP contribution < -0.4 is 5.73 Å². The summed E-state index contributed by atoms with van der Waals surface area (Å²) in [5.41, 5.74) is 3.05. The van der Waals surface area contributed by atoms with Gasteiger partial charge in [0.1, 0.15) is 11.4 Å². The van der Waals surface area contributed by atoms with E-state index >= 15 is 0 Å². The molecule has 0 spiro atoms. The molecular formula is C22H27F3N4O4. The van der Waals surface area contributed by atoms with Gasteiger partial charge in [-0.15, -0.1) is 0 Å². The Bertz CT molecular complexity index is 1030. The number of alkyl halides is 3. The van der Waals surface area contributed by atoms with Crippen LogP contribution in [0.4, 0.5) is 23.8 Å². The average Bonchev–Trinajstić information content (AvgIpc) is 2.66. The first-order chi connectivity index (χ1) is 15.2. The monoisotopic (exact) mass is 468 g/mol. The molecular weight excluding hydrogens is 441 g/mol. The molecule has 11 heteroatoms.